The summed E-state index contributed by atoms with van der Waals surface area (Å²) in [5.41, 5.74) is 0. The topological polar surface area (TPSA) is 70.2 Å². The maximum Gasteiger partial charge on any atom is 0.225 e. The molecule has 1 aromatic rings. The van der Waals surface area contributed by atoms with Crippen molar-refractivity contribution < 1.29 is 4.79 Å². The van der Waals surface area contributed by atoms with Gasteiger partial charge in [0.05, 0.1) is 0 Å². The molecule has 0 aromatic carbocycles. The quantitative estimate of drug-likeness (QED) is 0.840. The average Bonchev–Trinajstić information content (AvgIpc) is 2.46. The molecule has 21 heavy (non-hydrogen) atoms. The minimum atomic E-state index is 0. The molecule has 6 nitrogen and oxygen atoms in total. The van der Waals surface area contributed by atoms with Gasteiger partial charge in [-0.2, -0.15) is 0 Å². The number of hydrogen-bond donors (Lipinski definition) is 2. The van der Waals surface area contributed by atoms with E-state index in [4.69, 9.17) is 0 Å². The zero-order valence-electron chi connectivity index (χ0n) is 12.1. The van der Waals surface area contributed by atoms with Gasteiger partial charge in [0.2, 0.25) is 11.9 Å². The number of carbonyl (C=O) groups is 1. The van der Waals surface area contributed by atoms with Gasteiger partial charge < -0.3 is 15.5 Å². The molecule has 0 radical (unpaired) electrons. The molecule has 120 valence electrons. The Kier molecular flexibility index (Phi) is 10.0. The second-order valence-corrected chi connectivity index (χ2v) is 4.76. The fraction of sp³-hybridized carbons (Fsp3) is 0.615. The SMILES string of the molecule is CNCCC(=O)NC1CCCN(c2ncccn2)C1.Cl.Cl. The van der Waals surface area contributed by atoms with Crippen molar-refractivity contribution in [2.45, 2.75) is 25.3 Å². The number of hydrogen-bond acceptors (Lipinski definition) is 5. The molecule has 2 heterocycles. The smallest absolute Gasteiger partial charge is 0.225 e. The van der Waals surface area contributed by atoms with E-state index in [-0.39, 0.29) is 36.8 Å². The zero-order chi connectivity index (χ0) is 13.5. The van der Waals surface area contributed by atoms with Crippen LogP contribution in [0.15, 0.2) is 18.5 Å². The van der Waals surface area contributed by atoms with E-state index in [1.807, 2.05) is 13.1 Å². The first-order valence-corrected chi connectivity index (χ1v) is 6.75. The van der Waals surface area contributed by atoms with Crippen molar-refractivity contribution in [3.8, 4) is 0 Å². The highest BCUT2D eigenvalue weighted by Crippen LogP contribution is 2.15. The Morgan fingerprint density at radius 1 is 1.38 bits per heavy atom. The second kappa shape index (κ2) is 10.6. The molecule has 8 heteroatoms. The number of halogens is 2. The standard InChI is InChI=1S/C13H21N5O.2ClH/c1-14-8-5-12(19)17-11-4-2-9-18(10-11)13-15-6-3-7-16-13;;/h3,6-7,11,14H,2,4-5,8-10H2,1H3,(H,17,19);2*1H. The number of amides is 1. The Labute approximate surface area is 137 Å². The number of rotatable bonds is 5. The molecule has 0 saturated carbocycles. The van der Waals surface area contributed by atoms with Gasteiger partial charge >= 0.3 is 0 Å². The van der Waals surface area contributed by atoms with E-state index in [9.17, 15) is 4.79 Å². The van der Waals surface area contributed by atoms with Gasteiger partial charge in [-0.3, -0.25) is 4.79 Å². The minimum Gasteiger partial charge on any atom is -0.352 e. The molecule has 1 amide bonds. The number of piperidine rings is 1. The third-order valence-electron chi connectivity index (χ3n) is 3.22. The number of carbonyl (C=O) groups excluding carboxylic acids is 1. The first kappa shape index (κ1) is 19.9. The van der Waals surface area contributed by atoms with Gasteiger partial charge in [0.25, 0.3) is 0 Å². The maximum atomic E-state index is 11.7. The van der Waals surface area contributed by atoms with Gasteiger partial charge in [-0.25, -0.2) is 9.97 Å². The highest BCUT2D eigenvalue weighted by molar-refractivity contribution is 5.85. The van der Waals surface area contributed by atoms with Crippen molar-refractivity contribution in [2.24, 2.45) is 0 Å². The number of anilines is 1. The molecule has 0 aliphatic carbocycles. The van der Waals surface area contributed by atoms with Crippen LogP contribution in [0.5, 0.6) is 0 Å². The monoisotopic (exact) mass is 335 g/mol. The van der Waals surface area contributed by atoms with E-state index in [1.54, 1.807) is 12.4 Å². The first-order valence-electron chi connectivity index (χ1n) is 6.75. The lowest BCUT2D eigenvalue weighted by molar-refractivity contribution is -0.121. The van der Waals surface area contributed by atoms with Gasteiger partial charge in [0.15, 0.2) is 0 Å². The fourth-order valence-electron chi connectivity index (χ4n) is 2.27. The average molecular weight is 336 g/mol. The Balaban J connectivity index is 0.00000200. The van der Waals surface area contributed by atoms with E-state index in [0.29, 0.717) is 13.0 Å². The molecular weight excluding hydrogens is 313 g/mol. The number of nitrogens with zero attached hydrogens (tertiary/aromatic N) is 3. The van der Waals surface area contributed by atoms with Crippen LogP contribution in [0, 0.1) is 0 Å². The van der Waals surface area contributed by atoms with Gasteiger partial charge in [-0.15, -0.1) is 24.8 Å². The summed E-state index contributed by atoms with van der Waals surface area (Å²) in [7, 11) is 1.85. The van der Waals surface area contributed by atoms with Crippen molar-refractivity contribution in [3.63, 3.8) is 0 Å². The fourth-order valence-corrected chi connectivity index (χ4v) is 2.27. The molecule has 2 rings (SSSR count). The van der Waals surface area contributed by atoms with Crippen molar-refractivity contribution in [2.75, 3.05) is 31.6 Å². The van der Waals surface area contributed by atoms with E-state index >= 15 is 0 Å². The lowest BCUT2D eigenvalue weighted by atomic mass is 10.1. The third kappa shape index (κ3) is 6.46. The lowest BCUT2D eigenvalue weighted by Crippen LogP contribution is -2.48. The second-order valence-electron chi connectivity index (χ2n) is 4.76. The lowest BCUT2D eigenvalue weighted by Gasteiger charge is -2.33. The molecule has 0 bridgehead atoms. The van der Waals surface area contributed by atoms with Crippen LogP contribution in [-0.4, -0.2) is 48.6 Å². The number of nitrogens with one attached hydrogen (secondary N) is 2. The summed E-state index contributed by atoms with van der Waals surface area (Å²) in [5.74, 6) is 0.854. The maximum absolute atomic E-state index is 11.7. The summed E-state index contributed by atoms with van der Waals surface area (Å²) >= 11 is 0. The van der Waals surface area contributed by atoms with Crippen LogP contribution in [0.25, 0.3) is 0 Å². The summed E-state index contributed by atoms with van der Waals surface area (Å²) in [6.07, 6.45) is 6.09. The minimum absolute atomic E-state index is 0. The molecule has 1 fully saturated rings. The van der Waals surface area contributed by atoms with Crippen LogP contribution >= 0.6 is 24.8 Å². The number of aromatic nitrogens is 2. The van der Waals surface area contributed by atoms with Crippen LogP contribution in [0.1, 0.15) is 19.3 Å². The predicted molar refractivity (Wildman–Crippen MR) is 88.4 cm³/mol. The largest absolute Gasteiger partial charge is 0.352 e. The van der Waals surface area contributed by atoms with Crippen LogP contribution in [0.3, 0.4) is 0 Å². The predicted octanol–water partition coefficient (Wildman–Crippen LogP) is 1.01. The molecular formula is C13H23Cl2N5O. The Morgan fingerprint density at radius 2 is 2.10 bits per heavy atom. The molecule has 0 spiro atoms. The summed E-state index contributed by atoms with van der Waals surface area (Å²) in [5, 5.41) is 6.06. The molecule has 1 aliphatic heterocycles. The molecule has 1 saturated heterocycles. The van der Waals surface area contributed by atoms with Crippen molar-refractivity contribution in [3.05, 3.63) is 18.5 Å². The highest BCUT2D eigenvalue weighted by Gasteiger charge is 2.22. The molecule has 1 atom stereocenters. The molecule has 1 aromatic heterocycles. The van der Waals surface area contributed by atoms with Gasteiger partial charge in [-0.1, -0.05) is 0 Å². The first-order chi connectivity index (χ1) is 9.29. The van der Waals surface area contributed by atoms with E-state index in [1.165, 1.54) is 0 Å². The molecule has 2 N–H and O–H groups in total. The van der Waals surface area contributed by atoms with Crippen LogP contribution in [0.2, 0.25) is 0 Å². The Morgan fingerprint density at radius 3 is 2.76 bits per heavy atom. The van der Waals surface area contributed by atoms with Crippen LogP contribution in [-0.2, 0) is 4.79 Å². The summed E-state index contributed by atoms with van der Waals surface area (Å²) < 4.78 is 0. The van der Waals surface area contributed by atoms with Crippen molar-refractivity contribution >= 4 is 36.7 Å². The van der Waals surface area contributed by atoms with Gasteiger partial charge in [0, 0.05) is 44.5 Å². The van der Waals surface area contributed by atoms with Crippen molar-refractivity contribution in [1.29, 1.82) is 0 Å². The summed E-state index contributed by atoms with van der Waals surface area (Å²) in [6, 6.07) is 2.01. The van der Waals surface area contributed by atoms with Crippen LogP contribution < -0.4 is 15.5 Å². The van der Waals surface area contributed by atoms with Crippen molar-refractivity contribution in [1.82, 2.24) is 20.6 Å². The molecule has 1 aliphatic rings. The Hall–Kier alpha value is -1.11. The van der Waals surface area contributed by atoms with Gasteiger partial charge in [-0.05, 0) is 26.0 Å². The van der Waals surface area contributed by atoms with E-state index < -0.39 is 0 Å². The van der Waals surface area contributed by atoms with Gasteiger partial charge in [0.1, 0.15) is 0 Å². The zero-order valence-corrected chi connectivity index (χ0v) is 13.8. The highest BCUT2D eigenvalue weighted by atomic mass is 35.5. The van der Waals surface area contributed by atoms with Crippen LogP contribution in [0.4, 0.5) is 5.95 Å². The summed E-state index contributed by atoms with van der Waals surface area (Å²) in [6.45, 7) is 2.45. The summed E-state index contributed by atoms with van der Waals surface area (Å²) in [4.78, 5) is 22.4. The third-order valence-corrected chi connectivity index (χ3v) is 3.22. The van der Waals surface area contributed by atoms with E-state index in [2.05, 4.69) is 25.5 Å². The van der Waals surface area contributed by atoms with E-state index in [0.717, 1.165) is 31.9 Å². The Bertz CT molecular complexity index is 407. The molecule has 1 unspecified atom stereocenters. The normalized spacial score (nSPS) is 17.4.